The van der Waals surface area contributed by atoms with Crippen LogP contribution in [-0.2, 0) is 28.5 Å². The third kappa shape index (κ3) is 18.0. The molecule has 180 valence electrons. The third-order valence-corrected chi connectivity index (χ3v) is 4.17. The summed E-state index contributed by atoms with van der Waals surface area (Å²) in [5.41, 5.74) is -0.993. The Balaban J connectivity index is 3.40. The zero-order chi connectivity index (χ0) is 22.7. The minimum Gasteiger partial charge on any atom is -0.378 e. The van der Waals surface area contributed by atoms with E-state index < -0.39 is 11.8 Å². The van der Waals surface area contributed by atoms with Crippen LogP contribution in [0.4, 0.5) is 4.39 Å². The third-order valence-electron chi connectivity index (χ3n) is 4.17. The van der Waals surface area contributed by atoms with Crippen LogP contribution in [0.2, 0.25) is 0 Å². The average molecular weight is 439 g/mol. The van der Waals surface area contributed by atoms with Crippen molar-refractivity contribution in [1.82, 2.24) is 10.6 Å². The fourth-order valence-corrected chi connectivity index (χ4v) is 2.21. The zero-order valence-electron chi connectivity index (χ0n) is 19.5. The fourth-order valence-electron chi connectivity index (χ4n) is 2.21. The van der Waals surface area contributed by atoms with Crippen molar-refractivity contribution in [1.29, 1.82) is 0 Å². The van der Waals surface area contributed by atoms with Gasteiger partial charge in [-0.2, -0.15) is 0 Å². The molecule has 0 rings (SSSR count). The number of carbonyl (C=O) groups is 1. The van der Waals surface area contributed by atoms with E-state index in [0.717, 1.165) is 6.54 Å². The Kier molecular flexibility index (Phi) is 18.4. The Hall–Kier alpha value is -0.840. The first-order valence-corrected chi connectivity index (χ1v) is 10.9. The molecule has 0 aliphatic carbocycles. The molecule has 30 heavy (non-hydrogen) atoms. The SMILES string of the molecule is CCC(=O)NCC(F)C(C)(C)OCCOCCOCCOCCOCCNC(C)C. The van der Waals surface area contributed by atoms with Crippen molar-refractivity contribution in [2.45, 2.75) is 58.9 Å². The maximum absolute atomic E-state index is 14.2. The van der Waals surface area contributed by atoms with Crippen LogP contribution in [0.1, 0.15) is 41.0 Å². The van der Waals surface area contributed by atoms with E-state index in [-0.39, 0.29) is 19.1 Å². The van der Waals surface area contributed by atoms with E-state index in [0.29, 0.717) is 65.3 Å². The summed E-state index contributed by atoms with van der Waals surface area (Å²) in [6.07, 6.45) is -0.959. The van der Waals surface area contributed by atoms with Crippen molar-refractivity contribution in [2.75, 3.05) is 72.6 Å². The van der Waals surface area contributed by atoms with Crippen LogP contribution >= 0.6 is 0 Å². The topological polar surface area (TPSA) is 87.3 Å². The largest absolute Gasteiger partial charge is 0.378 e. The summed E-state index contributed by atoms with van der Waals surface area (Å²) in [5.74, 6) is -0.176. The lowest BCUT2D eigenvalue weighted by molar-refractivity contribution is -0.122. The highest BCUT2D eigenvalue weighted by atomic mass is 19.1. The molecule has 0 aromatic carbocycles. The molecular weight excluding hydrogens is 395 g/mol. The standard InChI is InChI=1S/C21H43FN2O6/c1-6-20(25)24-17-19(22)21(4,5)30-16-15-29-14-13-28-12-11-27-10-9-26-8-7-23-18(2)3/h18-19,23H,6-17H2,1-5H3,(H,24,25). The van der Waals surface area contributed by atoms with Gasteiger partial charge in [-0.15, -0.1) is 0 Å². The van der Waals surface area contributed by atoms with Crippen LogP contribution < -0.4 is 10.6 Å². The number of halogens is 1. The lowest BCUT2D eigenvalue weighted by Gasteiger charge is -2.29. The normalized spacial score (nSPS) is 13.0. The highest BCUT2D eigenvalue weighted by Gasteiger charge is 2.30. The molecule has 0 aliphatic heterocycles. The number of ether oxygens (including phenoxy) is 5. The van der Waals surface area contributed by atoms with Crippen molar-refractivity contribution in [3.63, 3.8) is 0 Å². The predicted molar refractivity (Wildman–Crippen MR) is 115 cm³/mol. The lowest BCUT2D eigenvalue weighted by atomic mass is 10.0. The molecule has 1 atom stereocenters. The van der Waals surface area contributed by atoms with Crippen LogP contribution in [-0.4, -0.2) is 96.3 Å². The summed E-state index contributed by atoms with van der Waals surface area (Å²) in [6.45, 7) is 14.3. The molecule has 0 saturated heterocycles. The van der Waals surface area contributed by atoms with Gasteiger partial charge in [0.2, 0.25) is 5.91 Å². The monoisotopic (exact) mass is 438 g/mol. The number of nitrogens with one attached hydrogen (secondary N) is 2. The molecular formula is C21H43FN2O6. The van der Waals surface area contributed by atoms with Gasteiger partial charge in [-0.3, -0.25) is 4.79 Å². The Bertz CT molecular complexity index is 413. The number of rotatable bonds is 21. The summed E-state index contributed by atoms with van der Waals surface area (Å²) >= 11 is 0. The van der Waals surface area contributed by atoms with Crippen molar-refractivity contribution in [2.24, 2.45) is 0 Å². The summed E-state index contributed by atoms with van der Waals surface area (Å²) in [4.78, 5) is 11.2. The van der Waals surface area contributed by atoms with E-state index in [1.54, 1.807) is 20.8 Å². The first-order chi connectivity index (χ1) is 14.3. The smallest absolute Gasteiger partial charge is 0.219 e. The van der Waals surface area contributed by atoms with E-state index in [4.69, 9.17) is 23.7 Å². The molecule has 0 radical (unpaired) electrons. The highest BCUT2D eigenvalue weighted by molar-refractivity contribution is 5.75. The second-order valence-corrected chi connectivity index (χ2v) is 7.64. The van der Waals surface area contributed by atoms with Gasteiger partial charge in [0.25, 0.3) is 0 Å². The van der Waals surface area contributed by atoms with Gasteiger partial charge in [-0.1, -0.05) is 20.8 Å². The molecule has 0 saturated carbocycles. The van der Waals surface area contributed by atoms with Crippen molar-refractivity contribution in [3.8, 4) is 0 Å². The van der Waals surface area contributed by atoms with Gasteiger partial charge in [-0.05, 0) is 13.8 Å². The molecule has 9 heteroatoms. The van der Waals surface area contributed by atoms with E-state index in [1.165, 1.54) is 0 Å². The van der Waals surface area contributed by atoms with Crippen molar-refractivity contribution >= 4 is 5.91 Å². The molecule has 0 aromatic rings. The molecule has 0 aliphatic rings. The molecule has 0 fully saturated rings. The predicted octanol–water partition coefficient (Wildman–Crippen LogP) is 1.71. The number of carbonyl (C=O) groups excluding carboxylic acids is 1. The maximum Gasteiger partial charge on any atom is 0.219 e. The van der Waals surface area contributed by atoms with Gasteiger partial charge in [0.15, 0.2) is 0 Å². The van der Waals surface area contributed by atoms with Gasteiger partial charge in [0.1, 0.15) is 6.17 Å². The quantitative estimate of drug-likeness (QED) is 0.264. The highest BCUT2D eigenvalue weighted by Crippen LogP contribution is 2.17. The van der Waals surface area contributed by atoms with Crippen LogP contribution in [0.3, 0.4) is 0 Å². The van der Waals surface area contributed by atoms with Crippen LogP contribution in [0.5, 0.6) is 0 Å². The Morgan fingerprint density at radius 3 is 1.80 bits per heavy atom. The Morgan fingerprint density at radius 1 is 0.867 bits per heavy atom. The first-order valence-electron chi connectivity index (χ1n) is 10.9. The van der Waals surface area contributed by atoms with Crippen LogP contribution in [0.25, 0.3) is 0 Å². The summed E-state index contributed by atoms with van der Waals surface area (Å²) in [5, 5.41) is 5.81. The molecule has 0 aromatic heterocycles. The molecule has 0 heterocycles. The van der Waals surface area contributed by atoms with E-state index in [2.05, 4.69) is 24.5 Å². The van der Waals surface area contributed by atoms with Crippen LogP contribution in [0.15, 0.2) is 0 Å². The number of amides is 1. The second-order valence-electron chi connectivity index (χ2n) is 7.64. The number of alkyl halides is 1. The van der Waals surface area contributed by atoms with Gasteiger partial charge in [-0.25, -0.2) is 4.39 Å². The maximum atomic E-state index is 14.2. The summed E-state index contributed by atoms with van der Waals surface area (Å²) in [7, 11) is 0. The van der Waals surface area contributed by atoms with E-state index in [1.807, 2.05) is 0 Å². The van der Waals surface area contributed by atoms with Gasteiger partial charge in [0, 0.05) is 19.0 Å². The minimum absolute atomic E-state index is 0.0576. The first kappa shape index (κ1) is 29.2. The lowest BCUT2D eigenvalue weighted by Crippen LogP contribution is -2.44. The Morgan fingerprint density at radius 2 is 1.33 bits per heavy atom. The average Bonchev–Trinajstić information content (AvgIpc) is 2.70. The van der Waals surface area contributed by atoms with Gasteiger partial charge in [0.05, 0.1) is 71.6 Å². The van der Waals surface area contributed by atoms with Crippen molar-refractivity contribution < 1.29 is 32.9 Å². The van der Waals surface area contributed by atoms with Crippen molar-refractivity contribution in [3.05, 3.63) is 0 Å². The van der Waals surface area contributed by atoms with Gasteiger partial charge >= 0.3 is 0 Å². The number of hydrogen-bond acceptors (Lipinski definition) is 7. The molecule has 1 unspecified atom stereocenters. The van der Waals surface area contributed by atoms with Crippen LogP contribution in [0, 0.1) is 0 Å². The van der Waals surface area contributed by atoms with Gasteiger partial charge < -0.3 is 34.3 Å². The number of hydrogen-bond donors (Lipinski definition) is 2. The summed E-state index contributed by atoms with van der Waals surface area (Å²) in [6, 6.07) is 0.471. The molecule has 2 N–H and O–H groups in total. The molecule has 0 spiro atoms. The molecule has 0 bridgehead atoms. The second kappa shape index (κ2) is 18.9. The Labute approximate surface area is 181 Å². The fraction of sp³-hybridized carbons (Fsp3) is 0.952. The minimum atomic E-state index is -1.29. The molecule has 1 amide bonds. The summed E-state index contributed by atoms with van der Waals surface area (Å²) < 4.78 is 41.4. The van der Waals surface area contributed by atoms with E-state index >= 15 is 0 Å². The zero-order valence-corrected chi connectivity index (χ0v) is 19.5. The molecule has 8 nitrogen and oxygen atoms in total. The van der Waals surface area contributed by atoms with E-state index in [9.17, 15) is 9.18 Å².